The first kappa shape index (κ1) is 14.4. The van der Waals surface area contributed by atoms with E-state index < -0.39 is 0 Å². The smallest absolute Gasteiger partial charge is 0.258 e. The van der Waals surface area contributed by atoms with Gasteiger partial charge in [0.25, 0.3) is 5.91 Å². The third-order valence-electron chi connectivity index (χ3n) is 4.71. The van der Waals surface area contributed by atoms with E-state index in [1.54, 1.807) is 0 Å². The lowest BCUT2D eigenvalue weighted by molar-refractivity contribution is -0.124. The van der Waals surface area contributed by atoms with Crippen LogP contribution in [0.4, 0.5) is 0 Å². The molecule has 0 radical (unpaired) electrons. The molecular weight excluding hydrogens is 262 g/mol. The van der Waals surface area contributed by atoms with E-state index in [9.17, 15) is 4.79 Å². The first-order valence-corrected chi connectivity index (χ1v) is 8.04. The number of nitrogens with one attached hydrogen (secondary N) is 1. The van der Waals surface area contributed by atoms with E-state index in [2.05, 4.69) is 25.2 Å². The first-order chi connectivity index (χ1) is 10.0. The summed E-state index contributed by atoms with van der Waals surface area (Å²) in [4.78, 5) is 12.1. The van der Waals surface area contributed by atoms with Crippen LogP contribution in [0.25, 0.3) is 0 Å². The van der Waals surface area contributed by atoms with Crippen LogP contribution in [0, 0.1) is 32.6 Å². The maximum absolute atomic E-state index is 12.1. The van der Waals surface area contributed by atoms with Crippen LogP contribution in [0.15, 0.2) is 12.1 Å². The number of ether oxygens (including phenoxy) is 1. The summed E-state index contributed by atoms with van der Waals surface area (Å²) >= 11 is 0. The second-order valence-corrected chi connectivity index (χ2v) is 6.76. The van der Waals surface area contributed by atoms with E-state index in [4.69, 9.17) is 4.74 Å². The Kier molecular flexibility index (Phi) is 3.92. The molecule has 1 aromatic rings. The fourth-order valence-electron chi connectivity index (χ4n) is 3.05. The Morgan fingerprint density at radius 1 is 1.19 bits per heavy atom. The van der Waals surface area contributed by atoms with E-state index in [0.717, 1.165) is 23.1 Å². The average molecular weight is 287 g/mol. The Labute approximate surface area is 127 Å². The molecule has 0 spiro atoms. The van der Waals surface area contributed by atoms with Crippen LogP contribution < -0.4 is 10.1 Å². The molecule has 3 nitrogen and oxygen atoms in total. The molecule has 3 rings (SSSR count). The summed E-state index contributed by atoms with van der Waals surface area (Å²) < 4.78 is 5.75. The van der Waals surface area contributed by atoms with E-state index in [1.165, 1.54) is 36.8 Å². The third kappa shape index (κ3) is 3.58. The number of aryl methyl sites for hydroxylation is 2. The second-order valence-electron chi connectivity index (χ2n) is 6.76. The molecule has 2 saturated carbocycles. The third-order valence-corrected chi connectivity index (χ3v) is 4.71. The van der Waals surface area contributed by atoms with Gasteiger partial charge in [-0.2, -0.15) is 0 Å². The molecule has 0 heterocycles. The van der Waals surface area contributed by atoms with Crippen molar-refractivity contribution in [2.24, 2.45) is 11.8 Å². The molecular formula is C18H25NO2. The summed E-state index contributed by atoms with van der Waals surface area (Å²) in [6.07, 6.45) is 5.11. The number of amides is 1. The molecule has 2 fully saturated rings. The number of carbonyl (C=O) groups is 1. The molecule has 1 amide bonds. The lowest BCUT2D eigenvalue weighted by atomic mass is 10.1. The predicted octanol–water partition coefficient (Wildman–Crippen LogP) is 3.30. The van der Waals surface area contributed by atoms with Crippen molar-refractivity contribution in [1.82, 2.24) is 5.32 Å². The van der Waals surface area contributed by atoms with Crippen LogP contribution in [0.5, 0.6) is 5.75 Å². The van der Waals surface area contributed by atoms with Gasteiger partial charge in [0.15, 0.2) is 6.61 Å². The topological polar surface area (TPSA) is 38.3 Å². The number of hydrogen-bond acceptors (Lipinski definition) is 2. The van der Waals surface area contributed by atoms with Crippen molar-refractivity contribution < 1.29 is 9.53 Å². The number of hydrogen-bond donors (Lipinski definition) is 1. The van der Waals surface area contributed by atoms with E-state index in [-0.39, 0.29) is 12.5 Å². The molecule has 1 N–H and O–H groups in total. The van der Waals surface area contributed by atoms with Crippen molar-refractivity contribution in [3.05, 3.63) is 28.8 Å². The molecule has 1 aromatic carbocycles. The maximum Gasteiger partial charge on any atom is 0.258 e. The second kappa shape index (κ2) is 5.70. The normalized spacial score (nSPS) is 17.9. The van der Waals surface area contributed by atoms with Crippen molar-refractivity contribution in [2.75, 3.05) is 6.61 Å². The van der Waals surface area contributed by atoms with Crippen LogP contribution in [0.2, 0.25) is 0 Å². The Balaban J connectivity index is 1.55. The highest BCUT2D eigenvalue weighted by atomic mass is 16.5. The van der Waals surface area contributed by atoms with Crippen molar-refractivity contribution in [2.45, 2.75) is 52.5 Å². The SMILES string of the molecule is Cc1cc(C)c(C)c(OCC(=O)NC(C2CC2)C2CC2)c1. The summed E-state index contributed by atoms with van der Waals surface area (Å²) in [5, 5.41) is 3.20. The van der Waals surface area contributed by atoms with Gasteiger partial charge in [-0.15, -0.1) is 0 Å². The Hall–Kier alpha value is -1.51. The van der Waals surface area contributed by atoms with Crippen molar-refractivity contribution in [3.8, 4) is 5.75 Å². The summed E-state index contributed by atoms with van der Waals surface area (Å²) in [6, 6.07) is 4.55. The fourth-order valence-corrected chi connectivity index (χ4v) is 3.05. The van der Waals surface area contributed by atoms with Gasteiger partial charge in [0.1, 0.15) is 5.75 Å². The van der Waals surface area contributed by atoms with Crippen LogP contribution >= 0.6 is 0 Å². The summed E-state index contributed by atoms with van der Waals surface area (Å²) in [6.45, 7) is 6.29. The molecule has 3 heteroatoms. The van der Waals surface area contributed by atoms with Crippen LogP contribution in [-0.2, 0) is 4.79 Å². The standard InChI is InChI=1S/C18H25NO2/c1-11-8-12(2)13(3)16(9-11)21-10-17(20)19-18(14-4-5-14)15-6-7-15/h8-9,14-15,18H,4-7,10H2,1-3H3,(H,19,20). The van der Waals surface area contributed by atoms with E-state index in [1.807, 2.05) is 13.0 Å². The lowest BCUT2D eigenvalue weighted by Crippen LogP contribution is -2.40. The average Bonchev–Trinajstić information content (AvgIpc) is 3.30. The van der Waals surface area contributed by atoms with Crippen molar-refractivity contribution >= 4 is 5.91 Å². The Morgan fingerprint density at radius 2 is 1.81 bits per heavy atom. The zero-order valence-corrected chi connectivity index (χ0v) is 13.2. The number of benzene rings is 1. The van der Waals surface area contributed by atoms with Gasteiger partial charge in [-0.1, -0.05) is 6.07 Å². The molecule has 0 saturated heterocycles. The molecule has 2 aliphatic rings. The first-order valence-electron chi connectivity index (χ1n) is 8.04. The fraction of sp³-hybridized carbons (Fsp3) is 0.611. The van der Waals surface area contributed by atoms with E-state index in [0.29, 0.717) is 6.04 Å². The lowest BCUT2D eigenvalue weighted by Gasteiger charge is -2.18. The monoisotopic (exact) mass is 287 g/mol. The molecule has 0 atom stereocenters. The largest absolute Gasteiger partial charge is 0.483 e. The minimum Gasteiger partial charge on any atom is -0.483 e. The summed E-state index contributed by atoms with van der Waals surface area (Å²) in [5.41, 5.74) is 3.50. The molecule has 0 bridgehead atoms. The van der Waals surface area contributed by atoms with Crippen LogP contribution in [0.1, 0.15) is 42.4 Å². The van der Waals surface area contributed by atoms with Crippen molar-refractivity contribution in [3.63, 3.8) is 0 Å². The molecule has 114 valence electrons. The van der Waals surface area contributed by atoms with Gasteiger partial charge >= 0.3 is 0 Å². The quantitative estimate of drug-likeness (QED) is 0.872. The minimum atomic E-state index is 0.0253. The van der Waals surface area contributed by atoms with Gasteiger partial charge in [0, 0.05) is 6.04 Å². The summed E-state index contributed by atoms with van der Waals surface area (Å²) in [7, 11) is 0. The highest BCUT2D eigenvalue weighted by Gasteiger charge is 2.42. The Bertz CT molecular complexity index is 532. The molecule has 2 aliphatic carbocycles. The van der Waals surface area contributed by atoms with Gasteiger partial charge in [0.2, 0.25) is 0 Å². The van der Waals surface area contributed by atoms with Gasteiger partial charge in [-0.05, 0) is 81.0 Å². The van der Waals surface area contributed by atoms with E-state index >= 15 is 0 Å². The predicted molar refractivity (Wildman–Crippen MR) is 83.5 cm³/mol. The summed E-state index contributed by atoms with van der Waals surface area (Å²) in [5.74, 6) is 2.31. The maximum atomic E-state index is 12.1. The molecule has 0 aliphatic heterocycles. The number of carbonyl (C=O) groups excluding carboxylic acids is 1. The zero-order valence-electron chi connectivity index (χ0n) is 13.2. The van der Waals surface area contributed by atoms with Crippen LogP contribution in [0.3, 0.4) is 0 Å². The number of rotatable bonds is 6. The highest BCUT2D eigenvalue weighted by Crippen LogP contribution is 2.44. The minimum absolute atomic E-state index is 0.0253. The molecule has 21 heavy (non-hydrogen) atoms. The molecule has 0 unspecified atom stereocenters. The molecule has 0 aromatic heterocycles. The van der Waals surface area contributed by atoms with Gasteiger partial charge in [-0.3, -0.25) is 4.79 Å². The highest BCUT2D eigenvalue weighted by molar-refractivity contribution is 5.78. The van der Waals surface area contributed by atoms with Crippen molar-refractivity contribution in [1.29, 1.82) is 0 Å². The van der Waals surface area contributed by atoms with Gasteiger partial charge in [-0.25, -0.2) is 0 Å². The zero-order chi connectivity index (χ0) is 15.0. The van der Waals surface area contributed by atoms with Crippen LogP contribution in [-0.4, -0.2) is 18.6 Å². The van der Waals surface area contributed by atoms with Gasteiger partial charge in [0.05, 0.1) is 0 Å². The van der Waals surface area contributed by atoms with Gasteiger partial charge < -0.3 is 10.1 Å². The Morgan fingerprint density at radius 3 is 2.38 bits per heavy atom.